The Morgan fingerprint density at radius 2 is 1.89 bits per heavy atom. The third-order valence-electron chi connectivity index (χ3n) is 8.38. The van der Waals surface area contributed by atoms with Crippen LogP contribution in [0.2, 0.25) is 0 Å². The Morgan fingerprint density at radius 1 is 1.16 bits per heavy atom. The topological polar surface area (TPSA) is 158 Å². The number of benzene rings is 1. The molecule has 0 spiro atoms. The van der Waals surface area contributed by atoms with Crippen LogP contribution in [0.5, 0.6) is 5.88 Å². The molecule has 1 saturated heterocycles. The lowest BCUT2D eigenvalue weighted by Crippen LogP contribution is -2.71. The molecule has 6 rings (SSSR count). The van der Waals surface area contributed by atoms with Crippen molar-refractivity contribution in [1.82, 2.24) is 39.3 Å². The van der Waals surface area contributed by atoms with Gasteiger partial charge in [0.15, 0.2) is 10.7 Å². The van der Waals surface area contributed by atoms with E-state index in [2.05, 4.69) is 15.2 Å². The number of hydrogen-bond donors (Lipinski definition) is 2. The van der Waals surface area contributed by atoms with Gasteiger partial charge < -0.3 is 20.3 Å². The Labute approximate surface area is 265 Å². The van der Waals surface area contributed by atoms with Crippen LogP contribution in [0, 0.1) is 0 Å². The highest BCUT2D eigenvalue weighted by atomic mass is 32.1. The molecular weight excluding hydrogens is 596 g/mol. The van der Waals surface area contributed by atoms with Crippen molar-refractivity contribution in [3.8, 4) is 17.3 Å². The zero-order valence-electron chi connectivity index (χ0n) is 25.1. The van der Waals surface area contributed by atoms with Crippen LogP contribution in [0.15, 0.2) is 61.1 Å². The Hall–Kier alpha value is -4.76. The van der Waals surface area contributed by atoms with Gasteiger partial charge in [-0.05, 0) is 18.1 Å². The zero-order valence-corrected chi connectivity index (χ0v) is 26.0. The van der Waals surface area contributed by atoms with Gasteiger partial charge in [-0.15, -0.1) is 17.7 Å². The zero-order chi connectivity index (χ0) is 31.9. The van der Waals surface area contributed by atoms with Crippen LogP contribution in [0.4, 0.5) is 5.95 Å². The summed E-state index contributed by atoms with van der Waals surface area (Å²) >= 11 is 5.15. The van der Waals surface area contributed by atoms with Gasteiger partial charge in [-0.25, -0.2) is 4.98 Å². The van der Waals surface area contributed by atoms with Crippen molar-refractivity contribution in [2.45, 2.75) is 30.3 Å². The SMILES string of the molecule is CCC1N(C(C(N)=O)c2ccccc2)c2nc(-c3ccnc(OC)c3)nn2C(=O)C1(S)N1CCN(C(=O)c2cnn(C)c2)CC1. The summed E-state index contributed by atoms with van der Waals surface area (Å²) in [6.07, 6.45) is 5.21. The first-order chi connectivity index (χ1) is 21.7. The van der Waals surface area contributed by atoms with Gasteiger partial charge in [-0.1, -0.05) is 37.3 Å². The van der Waals surface area contributed by atoms with Crippen molar-refractivity contribution in [3.05, 3.63) is 72.2 Å². The quantitative estimate of drug-likeness (QED) is 0.274. The number of aromatic nitrogens is 6. The van der Waals surface area contributed by atoms with E-state index in [-0.39, 0.29) is 17.7 Å². The Balaban J connectivity index is 1.43. The lowest BCUT2D eigenvalue weighted by molar-refractivity contribution is -0.119. The van der Waals surface area contributed by atoms with E-state index in [4.69, 9.17) is 28.1 Å². The molecule has 4 aromatic rings. The molecule has 2 amide bonds. The lowest BCUT2D eigenvalue weighted by atomic mass is 9.93. The second-order valence-corrected chi connectivity index (χ2v) is 11.7. The summed E-state index contributed by atoms with van der Waals surface area (Å²) in [6.45, 7) is 3.38. The van der Waals surface area contributed by atoms with Gasteiger partial charge >= 0.3 is 0 Å². The first-order valence-electron chi connectivity index (χ1n) is 14.6. The standard InChI is InChI=1S/C30H34N10O4S/c1-4-22-30(45,38-14-12-37(13-15-38)27(42)21-17-33-36(2)18-21)28(43)40-29(34-26(35-40)20-10-11-32-23(16-20)44-3)39(22)24(25(31)41)19-8-6-5-7-9-19/h5-11,16-18,22,24,45H,4,12-15H2,1-3H3,(H2,31,41). The number of methoxy groups -OCH3 is 1. The van der Waals surface area contributed by atoms with Gasteiger partial charge in [0.05, 0.1) is 24.9 Å². The molecule has 1 aromatic carbocycles. The van der Waals surface area contributed by atoms with E-state index in [9.17, 15) is 14.4 Å². The number of nitrogens with zero attached hydrogens (tertiary/aromatic N) is 9. The van der Waals surface area contributed by atoms with Crippen LogP contribution in [0.1, 0.15) is 40.1 Å². The van der Waals surface area contributed by atoms with Crippen LogP contribution in [-0.4, -0.2) is 101 Å². The molecule has 45 heavy (non-hydrogen) atoms. The number of carbonyl (C=O) groups is 3. The number of thiol groups is 1. The van der Waals surface area contributed by atoms with Gasteiger partial charge in [-0.3, -0.25) is 24.0 Å². The number of rotatable bonds is 8. The number of pyridine rings is 1. The molecule has 0 radical (unpaired) electrons. The Bertz CT molecular complexity index is 1740. The Kier molecular flexibility index (Phi) is 8.05. The molecule has 2 N–H and O–H groups in total. The van der Waals surface area contributed by atoms with E-state index in [0.29, 0.717) is 55.2 Å². The van der Waals surface area contributed by atoms with E-state index in [1.165, 1.54) is 11.8 Å². The molecule has 1 fully saturated rings. The Morgan fingerprint density at radius 3 is 2.51 bits per heavy atom. The smallest absolute Gasteiger partial charge is 0.282 e. The molecule has 0 saturated carbocycles. The minimum Gasteiger partial charge on any atom is -0.481 e. The van der Waals surface area contributed by atoms with E-state index in [1.54, 1.807) is 52.3 Å². The fourth-order valence-electron chi connectivity index (χ4n) is 6.21. The molecule has 3 atom stereocenters. The molecule has 3 unspecified atom stereocenters. The minimum atomic E-state index is -1.45. The fraction of sp³-hybridized carbons (Fsp3) is 0.367. The summed E-state index contributed by atoms with van der Waals surface area (Å²) in [5, 5.41) is 8.75. The molecule has 5 heterocycles. The maximum atomic E-state index is 14.6. The number of fused-ring (bicyclic) bond motifs is 1. The van der Waals surface area contributed by atoms with Crippen LogP contribution in [-0.2, 0) is 11.8 Å². The predicted octanol–water partition coefficient (Wildman–Crippen LogP) is 1.63. The van der Waals surface area contributed by atoms with Crippen molar-refractivity contribution in [2.24, 2.45) is 12.8 Å². The molecule has 0 bridgehead atoms. The molecule has 2 aliphatic rings. The van der Waals surface area contributed by atoms with Crippen molar-refractivity contribution >= 4 is 36.3 Å². The second-order valence-electron chi connectivity index (χ2n) is 11.0. The normalized spacial score (nSPS) is 21.0. The third kappa shape index (κ3) is 5.21. The third-order valence-corrected chi connectivity index (χ3v) is 9.15. The lowest BCUT2D eigenvalue weighted by Gasteiger charge is -2.53. The number of carbonyl (C=O) groups excluding carboxylic acids is 3. The summed E-state index contributed by atoms with van der Waals surface area (Å²) in [5.41, 5.74) is 7.82. The highest BCUT2D eigenvalue weighted by Gasteiger charge is 2.58. The molecule has 2 aliphatic heterocycles. The van der Waals surface area contributed by atoms with Crippen LogP contribution in [0.3, 0.4) is 0 Å². The summed E-state index contributed by atoms with van der Waals surface area (Å²) in [5.74, 6) is -0.366. The molecular formula is C30H34N10O4S. The van der Waals surface area contributed by atoms with E-state index >= 15 is 0 Å². The summed E-state index contributed by atoms with van der Waals surface area (Å²) in [4.78, 5) is 54.0. The minimum absolute atomic E-state index is 0.131. The molecule has 14 nitrogen and oxygen atoms in total. The fourth-order valence-corrected chi connectivity index (χ4v) is 6.81. The average Bonchev–Trinajstić information content (AvgIpc) is 3.71. The van der Waals surface area contributed by atoms with Gasteiger partial charge in [-0.2, -0.15) is 14.8 Å². The van der Waals surface area contributed by atoms with Gasteiger partial charge in [0.25, 0.3) is 11.8 Å². The highest BCUT2D eigenvalue weighted by molar-refractivity contribution is 7.82. The predicted molar refractivity (Wildman–Crippen MR) is 168 cm³/mol. The number of aryl methyl sites for hydroxylation is 1. The number of primary amides is 1. The second kappa shape index (κ2) is 12.0. The van der Waals surface area contributed by atoms with Crippen LogP contribution in [0.25, 0.3) is 11.4 Å². The highest BCUT2D eigenvalue weighted by Crippen LogP contribution is 2.44. The number of piperazine rings is 1. The molecule has 3 aromatic heterocycles. The van der Waals surface area contributed by atoms with E-state index < -0.39 is 28.8 Å². The number of anilines is 1. The number of hydrogen-bond acceptors (Lipinski definition) is 11. The van der Waals surface area contributed by atoms with Gasteiger partial charge in [0, 0.05) is 57.3 Å². The summed E-state index contributed by atoms with van der Waals surface area (Å²) in [6, 6.07) is 10.9. The van der Waals surface area contributed by atoms with E-state index in [0.717, 1.165) is 0 Å². The van der Waals surface area contributed by atoms with E-state index in [1.807, 2.05) is 42.2 Å². The molecule has 15 heteroatoms. The van der Waals surface area contributed by atoms with Crippen molar-refractivity contribution in [1.29, 1.82) is 0 Å². The average molecular weight is 631 g/mol. The summed E-state index contributed by atoms with van der Waals surface area (Å²) < 4.78 is 8.09. The van der Waals surface area contributed by atoms with Gasteiger partial charge in [0.2, 0.25) is 17.7 Å². The van der Waals surface area contributed by atoms with Crippen molar-refractivity contribution in [3.63, 3.8) is 0 Å². The number of amides is 2. The summed E-state index contributed by atoms with van der Waals surface area (Å²) in [7, 11) is 3.26. The first-order valence-corrected chi connectivity index (χ1v) is 15.0. The first kappa shape index (κ1) is 30.3. The van der Waals surface area contributed by atoms with Crippen molar-refractivity contribution < 1.29 is 19.1 Å². The van der Waals surface area contributed by atoms with Crippen molar-refractivity contribution in [2.75, 3.05) is 38.2 Å². The van der Waals surface area contributed by atoms with Crippen LogP contribution < -0.4 is 15.4 Å². The number of ether oxygens (including phenoxy) is 1. The monoisotopic (exact) mass is 630 g/mol. The van der Waals surface area contributed by atoms with Crippen LogP contribution >= 0.6 is 12.6 Å². The molecule has 234 valence electrons. The van der Waals surface area contributed by atoms with Gasteiger partial charge in [0.1, 0.15) is 6.04 Å². The maximum Gasteiger partial charge on any atom is 0.282 e. The number of nitrogens with two attached hydrogens (primary N) is 1. The maximum absolute atomic E-state index is 14.6. The molecule has 0 aliphatic carbocycles. The largest absolute Gasteiger partial charge is 0.481 e.